The SMILES string of the molecule is CS(=O)(=O)Oc1cccc(CC23C=CC(CC2)O3)c1. The van der Waals surface area contributed by atoms with Gasteiger partial charge in [-0.1, -0.05) is 24.3 Å². The maximum atomic E-state index is 11.1. The van der Waals surface area contributed by atoms with Gasteiger partial charge in [-0.3, -0.25) is 0 Å². The Morgan fingerprint density at radius 1 is 1.47 bits per heavy atom. The molecule has 102 valence electrons. The van der Waals surface area contributed by atoms with Crippen LogP contribution in [0.2, 0.25) is 0 Å². The predicted molar refractivity (Wildman–Crippen MR) is 71.6 cm³/mol. The highest BCUT2D eigenvalue weighted by molar-refractivity contribution is 7.86. The van der Waals surface area contributed by atoms with Gasteiger partial charge in [0, 0.05) is 6.42 Å². The van der Waals surface area contributed by atoms with Gasteiger partial charge in [-0.15, -0.1) is 0 Å². The van der Waals surface area contributed by atoms with E-state index in [1.54, 1.807) is 18.2 Å². The van der Waals surface area contributed by atoms with Gasteiger partial charge in [0.25, 0.3) is 0 Å². The molecular weight excluding hydrogens is 264 g/mol. The number of fused-ring (bicyclic) bond motifs is 2. The lowest BCUT2D eigenvalue weighted by Gasteiger charge is -2.22. The van der Waals surface area contributed by atoms with Crippen LogP contribution in [0.1, 0.15) is 18.4 Å². The van der Waals surface area contributed by atoms with Crippen LogP contribution in [0.25, 0.3) is 0 Å². The monoisotopic (exact) mass is 280 g/mol. The fourth-order valence-electron chi connectivity index (χ4n) is 2.76. The van der Waals surface area contributed by atoms with Crippen molar-refractivity contribution >= 4 is 10.1 Å². The van der Waals surface area contributed by atoms with Crippen LogP contribution in [-0.2, 0) is 21.3 Å². The van der Waals surface area contributed by atoms with Crippen LogP contribution in [0.5, 0.6) is 5.75 Å². The molecule has 0 amide bonds. The van der Waals surface area contributed by atoms with Gasteiger partial charge in [-0.25, -0.2) is 0 Å². The quantitative estimate of drug-likeness (QED) is 0.626. The molecule has 0 N–H and O–H groups in total. The van der Waals surface area contributed by atoms with E-state index in [9.17, 15) is 8.42 Å². The van der Waals surface area contributed by atoms with Crippen LogP contribution in [0.3, 0.4) is 0 Å². The van der Waals surface area contributed by atoms with Gasteiger partial charge in [-0.2, -0.15) is 8.42 Å². The third-order valence-corrected chi connectivity index (χ3v) is 4.00. The molecule has 1 saturated heterocycles. The van der Waals surface area contributed by atoms with E-state index in [1.165, 1.54) is 0 Å². The number of hydrogen-bond acceptors (Lipinski definition) is 4. The van der Waals surface area contributed by atoms with Crippen molar-refractivity contribution in [2.75, 3.05) is 6.26 Å². The van der Waals surface area contributed by atoms with Crippen molar-refractivity contribution in [2.45, 2.75) is 31.0 Å². The molecular formula is C14H16O4S. The minimum absolute atomic E-state index is 0.200. The van der Waals surface area contributed by atoms with E-state index in [1.807, 2.05) is 6.07 Å². The van der Waals surface area contributed by atoms with E-state index >= 15 is 0 Å². The Hall–Kier alpha value is -1.33. The van der Waals surface area contributed by atoms with Crippen LogP contribution in [0, 0.1) is 0 Å². The maximum absolute atomic E-state index is 11.1. The lowest BCUT2D eigenvalue weighted by molar-refractivity contribution is 0.0327. The number of rotatable bonds is 4. The molecule has 0 aromatic heterocycles. The molecule has 4 nitrogen and oxygen atoms in total. The van der Waals surface area contributed by atoms with Crippen molar-refractivity contribution in [2.24, 2.45) is 0 Å². The van der Waals surface area contributed by atoms with Crippen molar-refractivity contribution < 1.29 is 17.3 Å². The Bertz CT molecular complexity index is 620. The summed E-state index contributed by atoms with van der Waals surface area (Å²) >= 11 is 0. The summed E-state index contributed by atoms with van der Waals surface area (Å²) in [5, 5.41) is 0. The number of benzene rings is 1. The molecule has 0 aliphatic carbocycles. The second-order valence-corrected chi connectivity index (χ2v) is 6.81. The summed E-state index contributed by atoms with van der Waals surface area (Å²) in [6.45, 7) is 0. The third-order valence-electron chi connectivity index (χ3n) is 3.50. The standard InChI is InChI=1S/C14H16O4S/c1-19(15,16)18-13-4-2-3-11(9-13)10-14-7-5-12(17-14)6-8-14/h2-5,7,9,12H,6,8,10H2,1H3. The average molecular weight is 280 g/mol. The number of hydrogen-bond donors (Lipinski definition) is 0. The average Bonchev–Trinajstić information content (AvgIpc) is 2.86. The van der Waals surface area contributed by atoms with Crippen molar-refractivity contribution in [1.82, 2.24) is 0 Å². The van der Waals surface area contributed by atoms with Crippen molar-refractivity contribution in [3.63, 3.8) is 0 Å². The van der Waals surface area contributed by atoms with E-state index in [-0.39, 0.29) is 11.7 Å². The molecule has 2 atom stereocenters. The molecule has 0 spiro atoms. The molecule has 3 rings (SSSR count). The molecule has 1 aromatic rings. The number of ether oxygens (including phenoxy) is 1. The Morgan fingerprint density at radius 2 is 2.32 bits per heavy atom. The first kappa shape index (κ1) is 12.7. The van der Waals surface area contributed by atoms with Gasteiger partial charge in [-0.05, 0) is 30.5 Å². The smallest absolute Gasteiger partial charge is 0.306 e. The van der Waals surface area contributed by atoms with Crippen molar-refractivity contribution in [3.05, 3.63) is 42.0 Å². The Balaban J connectivity index is 1.79. The summed E-state index contributed by atoms with van der Waals surface area (Å²) in [4.78, 5) is 0. The first-order valence-corrected chi connectivity index (χ1v) is 8.11. The molecule has 1 aromatic carbocycles. The van der Waals surface area contributed by atoms with Crippen molar-refractivity contribution in [1.29, 1.82) is 0 Å². The van der Waals surface area contributed by atoms with Crippen LogP contribution < -0.4 is 4.18 Å². The molecule has 0 radical (unpaired) electrons. The van der Waals surface area contributed by atoms with Crippen LogP contribution in [0.15, 0.2) is 36.4 Å². The van der Waals surface area contributed by atoms with Gasteiger partial charge < -0.3 is 8.92 Å². The fraction of sp³-hybridized carbons (Fsp3) is 0.429. The van der Waals surface area contributed by atoms with E-state index in [2.05, 4.69) is 12.2 Å². The molecule has 1 fully saturated rings. The highest BCUT2D eigenvalue weighted by Crippen LogP contribution is 2.40. The van der Waals surface area contributed by atoms with E-state index < -0.39 is 10.1 Å². The Labute approximate surface area is 113 Å². The zero-order valence-electron chi connectivity index (χ0n) is 10.7. The predicted octanol–water partition coefficient (Wildman–Crippen LogP) is 2.06. The summed E-state index contributed by atoms with van der Waals surface area (Å²) in [5.74, 6) is 0.355. The van der Waals surface area contributed by atoms with Crippen LogP contribution >= 0.6 is 0 Å². The molecule has 19 heavy (non-hydrogen) atoms. The zero-order chi connectivity index (χ0) is 13.5. The summed E-state index contributed by atoms with van der Waals surface area (Å²) in [6, 6.07) is 7.17. The second kappa shape index (κ2) is 4.35. The van der Waals surface area contributed by atoms with Crippen LogP contribution in [-0.4, -0.2) is 26.4 Å². The molecule has 2 heterocycles. The normalized spacial score (nSPS) is 28.8. The minimum Gasteiger partial charge on any atom is -0.383 e. The fourth-order valence-corrected chi connectivity index (χ4v) is 3.22. The Kier molecular flexibility index (Phi) is 2.91. The lowest BCUT2D eigenvalue weighted by atomic mass is 9.88. The van der Waals surface area contributed by atoms with E-state index in [0.717, 1.165) is 31.1 Å². The molecule has 2 unspecified atom stereocenters. The highest BCUT2D eigenvalue weighted by atomic mass is 32.2. The first-order chi connectivity index (χ1) is 8.94. The van der Waals surface area contributed by atoms with Gasteiger partial charge in [0.05, 0.1) is 18.0 Å². The summed E-state index contributed by atoms with van der Waals surface area (Å²) in [6.07, 6.45) is 8.38. The topological polar surface area (TPSA) is 52.6 Å². The Morgan fingerprint density at radius 3 is 2.89 bits per heavy atom. The van der Waals surface area contributed by atoms with Gasteiger partial charge in [0.1, 0.15) is 5.75 Å². The van der Waals surface area contributed by atoms with Gasteiger partial charge in [0.2, 0.25) is 0 Å². The third kappa shape index (κ3) is 2.82. The van der Waals surface area contributed by atoms with Crippen molar-refractivity contribution in [3.8, 4) is 5.75 Å². The molecule has 0 saturated carbocycles. The first-order valence-electron chi connectivity index (χ1n) is 6.30. The van der Waals surface area contributed by atoms with Gasteiger partial charge in [0.15, 0.2) is 0 Å². The van der Waals surface area contributed by atoms with E-state index in [4.69, 9.17) is 8.92 Å². The molecule has 2 aliphatic heterocycles. The zero-order valence-corrected chi connectivity index (χ0v) is 11.5. The summed E-state index contributed by atoms with van der Waals surface area (Å²) in [7, 11) is -3.48. The second-order valence-electron chi connectivity index (χ2n) is 5.23. The molecule has 2 aliphatic rings. The molecule has 5 heteroatoms. The van der Waals surface area contributed by atoms with Crippen LogP contribution in [0.4, 0.5) is 0 Å². The highest BCUT2D eigenvalue weighted by Gasteiger charge is 2.41. The summed E-state index contributed by atoms with van der Waals surface area (Å²) in [5.41, 5.74) is 0.822. The minimum atomic E-state index is -3.48. The molecule has 2 bridgehead atoms. The maximum Gasteiger partial charge on any atom is 0.306 e. The lowest BCUT2D eigenvalue weighted by Crippen LogP contribution is -2.26. The van der Waals surface area contributed by atoms with Gasteiger partial charge >= 0.3 is 10.1 Å². The van der Waals surface area contributed by atoms with E-state index in [0.29, 0.717) is 5.75 Å². The summed E-state index contributed by atoms with van der Waals surface area (Å²) < 4.78 is 33.1. The largest absolute Gasteiger partial charge is 0.383 e.